The molecule has 0 aliphatic carbocycles. The predicted octanol–water partition coefficient (Wildman–Crippen LogP) is 1.96. The highest BCUT2D eigenvalue weighted by Crippen LogP contribution is 2.17. The number of carboxylic acids is 1. The van der Waals surface area contributed by atoms with Gasteiger partial charge in [-0.25, -0.2) is 0 Å². The second kappa shape index (κ2) is 8.66. The van der Waals surface area contributed by atoms with E-state index in [0.29, 0.717) is 6.42 Å². The summed E-state index contributed by atoms with van der Waals surface area (Å²) in [6.07, 6.45) is 4.09. The maximum atomic E-state index is 11.0. The minimum absolute atomic E-state index is 0.0394. The van der Waals surface area contributed by atoms with Crippen molar-refractivity contribution < 1.29 is 19.5 Å². The molecule has 2 N–H and O–H groups in total. The van der Waals surface area contributed by atoms with Crippen molar-refractivity contribution in [1.82, 2.24) is 5.32 Å². The van der Waals surface area contributed by atoms with Crippen LogP contribution in [0.5, 0.6) is 0 Å². The number of carbonyl (C=O) groups is 3. The SMILES string of the molecule is CCC(C)C(=O)O.CCCCC1CC(=O)NC1=O. The molecule has 1 saturated heterocycles. The minimum Gasteiger partial charge on any atom is -0.481 e. The fourth-order valence-corrected chi connectivity index (χ4v) is 1.47. The van der Waals surface area contributed by atoms with Crippen LogP contribution in [0.3, 0.4) is 0 Å². The van der Waals surface area contributed by atoms with Gasteiger partial charge in [0.2, 0.25) is 11.8 Å². The molecular formula is C13H23NO4. The zero-order valence-corrected chi connectivity index (χ0v) is 11.4. The Morgan fingerprint density at radius 2 is 2.06 bits per heavy atom. The molecule has 1 heterocycles. The fraction of sp³-hybridized carbons (Fsp3) is 0.769. The monoisotopic (exact) mass is 257 g/mol. The number of hydrogen-bond acceptors (Lipinski definition) is 3. The number of nitrogens with one attached hydrogen (secondary N) is 1. The van der Waals surface area contributed by atoms with E-state index in [1.165, 1.54) is 0 Å². The number of unbranched alkanes of at least 4 members (excludes halogenated alkanes) is 1. The molecule has 2 amide bonds. The highest BCUT2D eigenvalue weighted by Gasteiger charge is 2.29. The number of hydrogen-bond donors (Lipinski definition) is 2. The van der Waals surface area contributed by atoms with Gasteiger partial charge in [0.25, 0.3) is 0 Å². The van der Waals surface area contributed by atoms with Crippen LogP contribution in [0, 0.1) is 11.8 Å². The first kappa shape index (κ1) is 16.6. The molecule has 0 bridgehead atoms. The Bertz CT molecular complexity index is 301. The first-order valence-electron chi connectivity index (χ1n) is 6.48. The molecule has 0 aromatic rings. The molecule has 18 heavy (non-hydrogen) atoms. The summed E-state index contributed by atoms with van der Waals surface area (Å²) in [4.78, 5) is 31.6. The topological polar surface area (TPSA) is 83.5 Å². The van der Waals surface area contributed by atoms with Gasteiger partial charge < -0.3 is 5.11 Å². The molecule has 1 aliphatic heterocycles. The Labute approximate surface area is 108 Å². The van der Waals surface area contributed by atoms with Crippen LogP contribution in [0.2, 0.25) is 0 Å². The van der Waals surface area contributed by atoms with Crippen LogP contribution in [-0.2, 0) is 14.4 Å². The van der Waals surface area contributed by atoms with E-state index in [4.69, 9.17) is 5.11 Å². The smallest absolute Gasteiger partial charge is 0.306 e. The summed E-state index contributed by atoms with van der Waals surface area (Å²) in [5, 5.41) is 10.5. The lowest BCUT2D eigenvalue weighted by atomic mass is 10.0. The number of amides is 2. The molecule has 5 heteroatoms. The van der Waals surface area contributed by atoms with Crippen molar-refractivity contribution in [1.29, 1.82) is 0 Å². The quantitative estimate of drug-likeness (QED) is 0.737. The van der Waals surface area contributed by atoms with E-state index in [1.807, 2.05) is 6.92 Å². The van der Waals surface area contributed by atoms with Crippen molar-refractivity contribution in [3.05, 3.63) is 0 Å². The average molecular weight is 257 g/mol. The third-order valence-electron chi connectivity index (χ3n) is 3.01. The van der Waals surface area contributed by atoms with Gasteiger partial charge in [-0.2, -0.15) is 0 Å². The summed E-state index contributed by atoms with van der Waals surface area (Å²) < 4.78 is 0. The van der Waals surface area contributed by atoms with E-state index in [2.05, 4.69) is 12.2 Å². The van der Waals surface area contributed by atoms with Gasteiger partial charge in [0.05, 0.1) is 5.92 Å². The molecule has 0 saturated carbocycles. The van der Waals surface area contributed by atoms with Gasteiger partial charge in [-0.05, 0) is 12.8 Å². The van der Waals surface area contributed by atoms with Crippen LogP contribution in [-0.4, -0.2) is 22.9 Å². The Morgan fingerprint density at radius 3 is 2.33 bits per heavy atom. The second-order valence-corrected chi connectivity index (χ2v) is 4.60. The Kier molecular flexibility index (Phi) is 8.00. The van der Waals surface area contributed by atoms with Gasteiger partial charge in [0.15, 0.2) is 0 Å². The van der Waals surface area contributed by atoms with Gasteiger partial charge in [0.1, 0.15) is 0 Å². The molecule has 5 nitrogen and oxygen atoms in total. The summed E-state index contributed by atoms with van der Waals surface area (Å²) in [6, 6.07) is 0. The van der Waals surface area contributed by atoms with E-state index in [0.717, 1.165) is 25.7 Å². The standard InChI is InChI=1S/C8H13NO2.C5H10O2/c1-2-3-4-6-5-7(10)9-8(6)11;1-3-4(2)5(6)7/h6H,2-5H2,1H3,(H,9,10,11);4H,3H2,1-2H3,(H,6,7). The van der Waals surface area contributed by atoms with Crippen LogP contribution in [0.25, 0.3) is 0 Å². The molecule has 104 valence electrons. The van der Waals surface area contributed by atoms with Crippen LogP contribution in [0.15, 0.2) is 0 Å². The Morgan fingerprint density at radius 1 is 1.44 bits per heavy atom. The van der Waals surface area contributed by atoms with Gasteiger partial charge in [-0.3, -0.25) is 19.7 Å². The largest absolute Gasteiger partial charge is 0.481 e. The molecule has 1 fully saturated rings. The highest BCUT2D eigenvalue weighted by molar-refractivity contribution is 6.03. The maximum Gasteiger partial charge on any atom is 0.306 e. The molecule has 2 unspecified atom stereocenters. The van der Waals surface area contributed by atoms with E-state index in [9.17, 15) is 14.4 Å². The zero-order valence-electron chi connectivity index (χ0n) is 11.4. The van der Waals surface area contributed by atoms with Crippen molar-refractivity contribution in [2.24, 2.45) is 11.8 Å². The first-order valence-corrected chi connectivity index (χ1v) is 6.48. The summed E-state index contributed by atoms with van der Waals surface area (Å²) in [5.41, 5.74) is 0. The second-order valence-electron chi connectivity index (χ2n) is 4.60. The van der Waals surface area contributed by atoms with Crippen LogP contribution in [0.1, 0.15) is 52.9 Å². The van der Waals surface area contributed by atoms with Gasteiger partial charge in [0, 0.05) is 12.3 Å². The predicted molar refractivity (Wildman–Crippen MR) is 67.9 cm³/mol. The lowest BCUT2D eigenvalue weighted by Crippen LogP contribution is -2.21. The molecule has 1 rings (SSSR count). The third kappa shape index (κ3) is 6.37. The normalized spacial score (nSPS) is 19.8. The number of rotatable bonds is 5. The van der Waals surface area contributed by atoms with E-state index >= 15 is 0 Å². The van der Waals surface area contributed by atoms with Crippen LogP contribution in [0.4, 0.5) is 0 Å². The molecule has 0 aromatic heterocycles. The van der Waals surface area contributed by atoms with Gasteiger partial charge >= 0.3 is 5.97 Å². The average Bonchev–Trinajstić information content (AvgIpc) is 2.64. The molecular weight excluding hydrogens is 234 g/mol. The summed E-state index contributed by atoms with van der Waals surface area (Å²) >= 11 is 0. The minimum atomic E-state index is -0.706. The third-order valence-corrected chi connectivity index (χ3v) is 3.01. The van der Waals surface area contributed by atoms with E-state index in [1.54, 1.807) is 6.92 Å². The fourth-order valence-electron chi connectivity index (χ4n) is 1.47. The van der Waals surface area contributed by atoms with Crippen molar-refractivity contribution >= 4 is 17.8 Å². The summed E-state index contributed by atoms with van der Waals surface area (Å²) in [7, 11) is 0. The van der Waals surface area contributed by atoms with Gasteiger partial charge in [-0.15, -0.1) is 0 Å². The van der Waals surface area contributed by atoms with E-state index in [-0.39, 0.29) is 23.7 Å². The van der Waals surface area contributed by atoms with Gasteiger partial charge in [-0.1, -0.05) is 33.6 Å². The maximum absolute atomic E-state index is 11.0. The van der Waals surface area contributed by atoms with E-state index < -0.39 is 5.97 Å². The van der Waals surface area contributed by atoms with Crippen molar-refractivity contribution in [3.63, 3.8) is 0 Å². The summed E-state index contributed by atoms with van der Waals surface area (Å²) in [5.74, 6) is -1.12. The zero-order chi connectivity index (χ0) is 14.1. The lowest BCUT2D eigenvalue weighted by molar-refractivity contribution is -0.141. The van der Waals surface area contributed by atoms with Crippen molar-refractivity contribution in [2.45, 2.75) is 52.9 Å². The van der Waals surface area contributed by atoms with Crippen LogP contribution < -0.4 is 5.32 Å². The highest BCUT2D eigenvalue weighted by atomic mass is 16.4. The number of imide groups is 1. The molecule has 0 spiro atoms. The molecule has 0 aromatic carbocycles. The summed E-state index contributed by atoms with van der Waals surface area (Å²) in [6.45, 7) is 5.63. The molecule has 0 radical (unpaired) electrons. The van der Waals surface area contributed by atoms with Crippen molar-refractivity contribution in [2.75, 3.05) is 0 Å². The van der Waals surface area contributed by atoms with Crippen molar-refractivity contribution in [3.8, 4) is 0 Å². The molecule has 2 atom stereocenters. The van der Waals surface area contributed by atoms with Crippen LogP contribution >= 0.6 is 0 Å². The Hall–Kier alpha value is -1.39. The first-order chi connectivity index (χ1) is 8.42. The number of aliphatic carboxylic acids is 1. The number of carboxylic acid groups (broad SMARTS) is 1. The molecule has 1 aliphatic rings. The number of carbonyl (C=O) groups excluding carboxylic acids is 2. The Balaban J connectivity index is 0.000000360. The lowest BCUT2D eigenvalue weighted by Gasteiger charge is -2.01.